The average molecular weight is 237 g/mol. The topological polar surface area (TPSA) is 53.1 Å². The van der Waals surface area contributed by atoms with Crippen LogP contribution in [0.2, 0.25) is 0 Å². The van der Waals surface area contributed by atoms with E-state index in [1.807, 2.05) is 24.0 Å². The highest BCUT2D eigenvalue weighted by Crippen LogP contribution is 2.36. The number of hydrogen-bond donors (Lipinski definition) is 1. The largest absolute Gasteiger partial charge is 0.373 e. The van der Waals surface area contributed by atoms with Crippen molar-refractivity contribution in [3.8, 4) is 0 Å². The van der Waals surface area contributed by atoms with E-state index in [-0.39, 0.29) is 5.60 Å². The fourth-order valence-corrected chi connectivity index (χ4v) is 2.74. The summed E-state index contributed by atoms with van der Waals surface area (Å²) in [6, 6.07) is 2.04. The number of aryl methyl sites for hydroxylation is 1. The predicted molar refractivity (Wildman–Crippen MR) is 67.7 cm³/mol. The van der Waals surface area contributed by atoms with Crippen LogP contribution in [0.25, 0.3) is 0 Å². The van der Waals surface area contributed by atoms with Gasteiger partial charge in [-0.3, -0.25) is 4.68 Å². The minimum atomic E-state index is -0.0575. The number of aromatic nitrogens is 2. The Bertz CT molecular complexity index is 363. The van der Waals surface area contributed by atoms with E-state index >= 15 is 0 Å². The maximum absolute atomic E-state index is 6.07. The van der Waals surface area contributed by atoms with Crippen molar-refractivity contribution >= 4 is 0 Å². The van der Waals surface area contributed by atoms with Crippen molar-refractivity contribution in [2.24, 2.45) is 18.7 Å². The molecule has 0 amide bonds. The quantitative estimate of drug-likeness (QED) is 0.844. The van der Waals surface area contributed by atoms with Crippen molar-refractivity contribution in [1.29, 1.82) is 0 Å². The van der Waals surface area contributed by atoms with Crippen LogP contribution in [0.5, 0.6) is 0 Å². The summed E-state index contributed by atoms with van der Waals surface area (Å²) in [5.41, 5.74) is 7.03. The first-order chi connectivity index (χ1) is 8.15. The van der Waals surface area contributed by atoms with Crippen molar-refractivity contribution in [1.82, 2.24) is 9.78 Å². The van der Waals surface area contributed by atoms with E-state index < -0.39 is 0 Å². The Hall–Kier alpha value is -0.870. The molecule has 0 spiro atoms. The summed E-state index contributed by atoms with van der Waals surface area (Å²) in [6.45, 7) is 3.66. The van der Waals surface area contributed by atoms with E-state index in [0.717, 1.165) is 31.8 Å². The van der Waals surface area contributed by atoms with Crippen LogP contribution in [0, 0.1) is 5.92 Å². The van der Waals surface area contributed by atoms with E-state index in [4.69, 9.17) is 10.5 Å². The summed E-state index contributed by atoms with van der Waals surface area (Å²) in [6.07, 6.45) is 6.19. The molecule has 17 heavy (non-hydrogen) atoms. The maximum atomic E-state index is 6.07. The van der Waals surface area contributed by atoms with E-state index in [2.05, 4.69) is 12.0 Å². The van der Waals surface area contributed by atoms with Gasteiger partial charge in [0.1, 0.15) is 0 Å². The Morgan fingerprint density at radius 1 is 1.65 bits per heavy atom. The summed E-state index contributed by atoms with van der Waals surface area (Å²) in [5.74, 6) is 0.746. The van der Waals surface area contributed by atoms with Gasteiger partial charge in [0.05, 0.1) is 12.2 Å². The normalized spacial score (nSPS) is 28.8. The number of nitrogens with zero attached hydrogens (tertiary/aromatic N) is 2. The molecule has 0 aromatic carbocycles. The van der Waals surface area contributed by atoms with Gasteiger partial charge in [0.25, 0.3) is 0 Å². The summed E-state index contributed by atoms with van der Waals surface area (Å²) in [7, 11) is 1.96. The summed E-state index contributed by atoms with van der Waals surface area (Å²) >= 11 is 0. The Labute approximate surface area is 103 Å². The molecule has 1 aromatic rings. The van der Waals surface area contributed by atoms with Crippen LogP contribution in [0.1, 0.15) is 31.9 Å². The van der Waals surface area contributed by atoms with E-state index in [1.165, 1.54) is 12.1 Å². The molecule has 2 unspecified atom stereocenters. The molecule has 0 aliphatic heterocycles. The lowest BCUT2D eigenvalue weighted by Gasteiger charge is -2.28. The van der Waals surface area contributed by atoms with Crippen LogP contribution in [0.3, 0.4) is 0 Å². The van der Waals surface area contributed by atoms with Crippen LogP contribution < -0.4 is 5.73 Å². The molecule has 4 heteroatoms. The Balaban J connectivity index is 1.83. The molecule has 0 bridgehead atoms. The highest BCUT2D eigenvalue weighted by atomic mass is 16.5. The minimum absolute atomic E-state index is 0.0575. The third kappa shape index (κ3) is 2.87. The third-order valence-corrected chi connectivity index (χ3v) is 3.87. The average Bonchev–Trinajstić information content (AvgIpc) is 2.88. The predicted octanol–water partition coefficient (Wildman–Crippen LogP) is 1.50. The van der Waals surface area contributed by atoms with Gasteiger partial charge in [0.15, 0.2) is 0 Å². The molecular formula is C13H23N3O. The fraction of sp³-hybridized carbons (Fsp3) is 0.769. The molecular weight excluding hydrogens is 214 g/mol. The highest BCUT2D eigenvalue weighted by molar-refractivity contribution is 5.00. The van der Waals surface area contributed by atoms with E-state index in [0.29, 0.717) is 6.54 Å². The Kier molecular flexibility index (Phi) is 3.84. The summed E-state index contributed by atoms with van der Waals surface area (Å²) in [4.78, 5) is 0. The minimum Gasteiger partial charge on any atom is -0.373 e. The molecule has 1 heterocycles. The van der Waals surface area contributed by atoms with Gasteiger partial charge in [-0.15, -0.1) is 0 Å². The number of rotatable bonds is 5. The summed E-state index contributed by atoms with van der Waals surface area (Å²) < 4.78 is 7.97. The van der Waals surface area contributed by atoms with Crippen LogP contribution >= 0.6 is 0 Å². The van der Waals surface area contributed by atoms with Gasteiger partial charge in [-0.05, 0) is 31.2 Å². The maximum Gasteiger partial charge on any atom is 0.0806 e. The molecule has 1 aromatic heterocycles. The first-order valence-corrected chi connectivity index (χ1v) is 6.46. The second-order valence-corrected chi connectivity index (χ2v) is 5.28. The zero-order valence-corrected chi connectivity index (χ0v) is 10.9. The molecule has 0 radical (unpaired) electrons. The molecule has 2 N–H and O–H groups in total. The van der Waals surface area contributed by atoms with Crippen molar-refractivity contribution in [2.45, 2.75) is 38.2 Å². The van der Waals surface area contributed by atoms with Crippen LogP contribution in [0.15, 0.2) is 12.3 Å². The first-order valence-electron chi connectivity index (χ1n) is 6.46. The highest BCUT2D eigenvalue weighted by Gasteiger charge is 2.37. The molecule has 1 aliphatic carbocycles. The van der Waals surface area contributed by atoms with Gasteiger partial charge in [0, 0.05) is 31.9 Å². The molecule has 4 nitrogen and oxygen atoms in total. The number of hydrogen-bond acceptors (Lipinski definition) is 3. The van der Waals surface area contributed by atoms with Crippen LogP contribution in [-0.2, 0) is 18.2 Å². The molecule has 2 rings (SSSR count). The lowest BCUT2D eigenvalue weighted by Crippen LogP contribution is -2.38. The molecule has 96 valence electrons. The zero-order chi connectivity index (χ0) is 12.3. The lowest BCUT2D eigenvalue weighted by atomic mass is 10.0. The second-order valence-electron chi connectivity index (χ2n) is 5.28. The Morgan fingerprint density at radius 2 is 2.47 bits per heavy atom. The first kappa shape index (κ1) is 12.6. The SMILES string of the molecule is CC1CCC(CN)(OCCc2ccnn2C)C1. The van der Waals surface area contributed by atoms with Gasteiger partial charge in [0.2, 0.25) is 0 Å². The van der Waals surface area contributed by atoms with Crippen molar-refractivity contribution in [2.75, 3.05) is 13.2 Å². The Morgan fingerprint density at radius 3 is 3.00 bits per heavy atom. The standard InChI is InChI=1S/C13H23N3O/c1-11-3-6-13(9-11,10-14)17-8-5-12-4-7-15-16(12)2/h4,7,11H,3,5-6,8-10,14H2,1-2H3. The van der Waals surface area contributed by atoms with Gasteiger partial charge in [-0.25, -0.2) is 0 Å². The third-order valence-electron chi connectivity index (χ3n) is 3.87. The number of nitrogens with two attached hydrogens (primary N) is 1. The zero-order valence-electron chi connectivity index (χ0n) is 10.9. The lowest BCUT2D eigenvalue weighted by molar-refractivity contribution is -0.0347. The molecule has 0 saturated heterocycles. The molecule has 1 saturated carbocycles. The van der Waals surface area contributed by atoms with Gasteiger partial charge < -0.3 is 10.5 Å². The van der Waals surface area contributed by atoms with E-state index in [1.54, 1.807) is 0 Å². The monoisotopic (exact) mass is 237 g/mol. The molecule has 1 aliphatic rings. The van der Waals surface area contributed by atoms with Crippen LogP contribution in [-0.4, -0.2) is 28.5 Å². The van der Waals surface area contributed by atoms with Gasteiger partial charge in [-0.1, -0.05) is 6.92 Å². The van der Waals surface area contributed by atoms with Crippen molar-refractivity contribution in [3.05, 3.63) is 18.0 Å². The van der Waals surface area contributed by atoms with E-state index in [9.17, 15) is 0 Å². The number of ether oxygens (including phenoxy) is 1. The van der Waals surface area contributed by atoms with Crippen LogP contribution in [0.4, 0.5) is 0 Å². The van der Waals surface area contributed by atoms with Crippen molar-refractivity contribution in [3.63, 3.8) is 0 Å². The molecule has 2 atom stereocenters. The van der Waals surface area contributed by atoms with Crippen molar-refractivity contribution < 1.29 is 4.74 Å². The smallest absolute Gasteiger partial charge is 0.0806 e. The fourth-order valence-electron chi connectivity index (χ4n) is 2.74. The van der Waals surface area contributed by atoms with Gasteiger partial charge in [-0.2, -0.15) is 5.10 Å². The molecule has 1 fully saturated rings. The second kappa shape index (κ2) is 5.19. The summed E-state index contributed by atoms with van der Waals surface area (Å²) in [5, 5.41) is 4.15. The van der Waals surface area contributed by atoms with Gasteiger partial charge >= 0.3 is 0 Å².